The third-order valence-electron chi connectivity index (χ3n) is 3.24. The number of benzene rings is 2. The zero-order valence-corrected chi connectivity index (χ0v) is 14.3. The number of nitrogens with one attached hydrogen (secondary N) is 1. The van der Waals surface area contributed by atoms with Gasteiger partial charge in [0.1, 0.15) is 5.82 Å². The van der Waals surface area contributed by atoms with Crippen molar-refractivity contribution in [2.45, 2.75) is 12.5 Å². The second-order valence-corrected chi connectivity index (χ2v) is 6.34. The van der Waals surface area contributed by atoms with Gasteiger partial charge in [-0.3, -0.25) is 4.79 Å². The van der Waals surface area contributed by atoms with Gasteiger partial charge in [-0.05, 0) is 53.3 Å². The summed E-state index contributed by atoms with van der Waals surface area (Å²) in [6, 6.07) is 13.6. The fourth-order valence-electron chi connectivity index (χ4n) is 1.98. The molecule has 0 spiro atoms. The van der Waals surface area contributed by atoms with E-state index in [2.05, 4.69) is 5.32 Å². The zero-order valence-electron chi connectivity index (χ0n) is 11.4. The van der Waals surface area contributed by atoms with E-state index in [1.165, 1.54) is 18.2 Å². The Morgan fingerprint density at radius 3 is 2.52 bits per heavy atom. The Hall–Kier alpha value is -1.14. The number of halogens is 3. The van der Waals surface area contributed by atoms with Crippen LogP contribution < -0.4 is 5.32 Å². The molecule has 21 heavy (non-hydrogen) atoms. The molecule has 1 atom stereocenters. The molecule has 0 saturated carbocycles. The topological polar surface area (TPSA) is 29.1 Å². The second kappa shape index (κ2) is 6.75. The minimum atomic E-state index is -0.683. The fourth-order valence-corrected chi connectivity index (χ4v) is 2.92. The average Bonchev–Trinajstić information content (AvgIpc) is 2.47. The molecule has 2 rings (SSSR count). The maximum absolute atomic E-state index is 13.1. The van der Waals surface area contributed by atoms with E-state index in [4.69, 9.17) is 11.6 Å². The first-order valence-electron chi connectivity index (χ1n) is 6.35. The number of carbonyl (C=O) groups excluding carboxylic acids is 1. The van der Waals surface area contributed by atoms with Crippen molar-refractivity contribution in [2.75, 3.05) is 5.88 Å². The summed E-state index contributed by atoms with van der Waals surface area (Å²) in [6.07, 6.45) is 0. The summed E-state index contributed by atoms with van der Waals surface area (Å²) in [5.74, 6) is -0.397. The van der Waals surface area contributed by atoms with E-state index in [1.807, 2.05) is 59.8 Å². The molecule has 0 radical (unpaired) electrons. The maximum Gasteiger partial charge on any atom is 0.253 e. The summed E-state index contributed by atoms with van der Waals surface area (Å²) in [6.45, 7) is 1.86. The van der Waals surface area contributed by atoms with Gasteiger partial charge in [0.2, 0.25) is 0 Å². The van der Waals surface area contributed by atoms with Gasteiger partial charge < -0.3 is 5.32 Å². The van der Waals surface area contributed by atoms with Crippen molar-refractivity contribution < 1.29 is 9.18 Å². The molecule has 1 N–H and O–H groups in total. The maximum atomic E-state index is 13.1. The number of hydrogen-bond donors (Lipinski definition) is 1. The molecule has 0 aliphatic carbocycles. The predicted molar refractivity (Wildman–Crippen MR) is 91.1 cm³/mol. The Labute approximate surface area is 141 Å². The van der Waals surface area contributed by atoms with Crippen LogP contribution in [0.4, 0.5) is 4.39 Å². The van der Waals surface area contributed by atoms with Gasteiger partial charge in [-0.1, -0.05) is 30.3 Å². The SMILES string of the molecule is CC(CCl)(NC(=O)c1ccc(F)cc1I)c1ccccc1. The van der Waals surface area contributed by atoms with E-state index in [0.29, 0.717) is 9.13 Å². The Morgan fingerprint density at radius 1 is 1.29 bits per heavy atom. The van der Waals surface area contributed by atoms with Crippen LogP contribution in [0, 0.1) is 9.39 Å². The van der Waals surface area contributed by atoms with Gasteiger partial charge in [0.25, 0.3) is 5.91 Å². The van der Waals surface area contributed by atoms with Crippen molar-refractivity contribution in [3.8, 4) is 0 Å². The highest BCUT2D eigenvalue weighted by Crippen LogP contribution is 2.23. The monoisotopic (exact) mass is 417 g/mol. The van der Waals surface area contributed by atoms with E-state index in [9.17, 15) is 9.18 Å². The van der Waals surface area contributed by atoms with E-state index < -0.39 is 5.54 Å². The first-order valence-corrected chi connectivity index (χ1v) is 7.96. The number of alkyl halides is 1. The first kappa shape index (κ1) is 16.2. The van der Waals surface area contributed by atoms with Crippen LogP contribution in [0.15, 0.2) is 48.5 Å². The molecule has 0 aliphatic heterocycles. The Morgan fingerprint density at radius 2 is 1.95 bits per heavy atom. The third kappa shape index (κ3) is 3.74. The summed E-state index contributed by atoms with van der Waals surface area (Å²) in [5, 5.41) is 2.94. The van der Waals surface area contributed by atoms with E-state index in [-0.39, 0.29) is 17.6 Å². The molecule has 0 bridgehead atoms. The Balaban J connectivity index is 2.28. The van der Waals surface area contributed by atoms with Crippen molar-refractivity contribution in [1.29, 1.82) is 0 Å². The quantitative estimate of drug-likeness (QED) is 0.583. The van der Waals surface area contributed by atoms with Gasteiger partial charge in [0.15, 0.2) is 0 Å². The van der Waals surface area contributed by atoms with Crippen molar-refractivity contribution in [2.24, 2.45) is 0 Å². The van der Waals surface area contributed by atoms with E-state index in [0.717, 1.165) is 5.56 Å². The highest BCUT2D eigenvalue weighted by molar-refractivity contribution is 14.1. The zero-order chi connectivity index (χ0) is 15.5. The van der Waals surface area contributed by atoms with Crippen LogP contribution in [0.3, 0.4) is 0 Å². The van der Waals surface area contributed by atoms with Crippen molar-refractivity contribution in [3.05, 3.63) is 69.0 Å². The lowest BCUT2D eigenvalue weighted by molar-refractivity contribution is 0.0912. The van der Waals surface area contributed by atoms with Crippen molar-refractivity contribution >= 4 is 40.1 Å². The van der Waals surface area contributed by atoms with Gasteiger partial charge in [0, 0.05) is 9.45 Å². The number of rotatable bonds is 4. The van der Waals surface area contributed by atoms with Gasteiger partial charge in [-0.2, -0.15) is 0 Å². The molecular weight excluding hydrogens is 404 g/mol. The van der Waals surface area contributed by atoms with Crippen LogP contribution in [-0.2, 0) is 5.54 Å². The molecule has 0 fully saturated rings. The summed E-state index contributed by atoms with van der Waals surface area (Å²) in [4.78, 5) is 12.4. The molecule has 0 heterocycles. The smallest absolute Gasteiger partial charge is 0.253 e. The summed E-state index contributed by atoms with van der Waals surface area (Å²) in [7, 11) is 0. The van der Waals surface area contributed by atoms with Crippen LogP contribution >= 0.6 is 34.2 Å². The van der Waals surface area contributed by atoms with Crippen LogP contribution in [0.1, 0.15) is 22.8 Å². The lowest BCUT2D eigenvalue weighted by Gasteiger charge is -2.29. The third-order valence-corrected chi connectivity index (χ3v) is 4.67. The molecular formula is C16H14ClFINO. The van der Waals surface area contributed by atoms with E-state index >= 15 is 0 Å². The lowest BCUT2D eigenvalue weighted by Crippen LogP contribution is -2.45. The number of hydrogen-bond acceptors (Lipinski definition) is 1. The molecule has 0 aromatic heterocycles. The molecule has 2 nitrogen and oxygen atoms in total. The van der Waals surface area contributed by atoms with Gasteiger partial charge in [-0.25, -0.2) is 4.39 Å². The first-order chi connectivity index (χ1) is 9.96. The van der Waals surface area contributed by atoms with Crippen LogP contribution in [-0.4, -0.2) is 11.8 Å². The summed E-state index contributed by atoms with van der Waals surface area (Å²) >= 11 is 8.01. The fraction of sp³-hybridized carbons (Fsp3) is 0.188. The molecule has 2 aromatic rings. The Kier molecular flexibility index (Phi) is 5.22. The molecule has 0 saturated heterocycles. The molecule has 5 heteroatoms. The largest absolute Gasteiger partial charge is 0.342 e. The second-order valence-electron chi connectivity index (χ2n) is 4.91. The summed E-state index contributed by atoms with van der Waals surface area (Å²) < 4.78 is 13.7. The molecule has 1 unspecified atom stereocenters. The molecule has 2 aromatic carbocycles. The highest BCUT2D eigenvalue weighted by atomic mass is 127. The number of amides is 1. The van der Waals surface area contributed by atoms with Gasteiger partial charge >= 0.3 is 0 Å². The van der Waals surface area contributed by atoms with Gasteiger partial charge in [-0.15, -0.1) is 11.6 Å². The Bertz CT molecular complexity index is 650. The highest BCUT2D eigenvalue weighted by Gasteiger charge is 2.28. The molecule has 1 amide bonds. The van der Waals surface area contributed by atoms with Crippen LogP contribution in [0.2, 0.25) is 0 Å². The van der Waals surface area contributed by atoms with Crippen LogP contribution in [0.25, 0.3) is 0 Å². The average molecular weight is 418 g/mol. The summed E-state index contributed by atoms with van der Waals surface area (Å²) in [5.41, 5.74) is 0.673. The van der Waals surface area contributed by atoms with Crippen molar-refractivity contribution in [1.82, 2.24) is 5.32 Å². The normalized spacial score (nSPS) is 13.5. The minimum Gasteiger partial charge on any atom is -0.342 e. The minimum absolute atomic E-state index is 0.237. The standard InChI is InChI=1S/C16H14ClFINO/c1-16(10-17,11-5-3-2-4-6-11)20-15(21)13-8-7-12(18)9-14(13)19/h2-9H,10H2,1H3,(H,20,21). The molecule has 0 aliphatic rings. The number of carbonyl (C=O) groups is 1. The van der Waals surface area contributed by atoms with Crippen LogP contribution in [0.5, 0.6) is 0 Å². The molecule has 110 valence electrons. The van der Waals surface area contributed by atoms with Crippen molar-refractivity contribution in [3.63, 3.8) is 0 Å². The lowest BCUT2D eigenvalue weighted by atomic mass is 9.93. The predicted octanol–water partition coefficient (Wildman–Crippen LogP) is 4.31. The van der Waals surface area contributed by atoms with E-state index in [1.54, 1.807) is 0 Å². The van der Waals surface area contributed by atoms with Gasteiger partial charge in [0.05, 0.1) is 11.1 Å².